The molecule has 0 unspecified atom stereocenters. The van der Waals surface area contributed by atoms with E-state index in [1.807, 2.05) is 13.8 Å². The monoisotopic (exact) mass is 319 g/mol. The van der Waals surface area contributed by atoms with Gasteiger partial charge >= 0.3 is 0 Å². The first-order chi connectivity index (χ1) is 8.58. The van der Waals surface area contributed by atoms with E-state index in [1.54, 1.807) is 12.1 Å². The summed E-state index contributed by atoms with van der Waals surface area (Å²) in [5.74, 6) is 0. The SMILES string of the molecule is CC.COC(Cc1ccc(Br)cc1[N+](=O)[O-])OC. The van der Waals surface area contributed by atoms with Crippen molar-refractivity contribution in [3.63, 3.8) is 0 Å². The molecule has 18 heavy (non-hydrogen) atoms. The van der Waals surface area contributed by atoms with Crippen molar-refractivity contribution in [2.24, 2.45) is 0 Å². The van der Waals surface area contributed by atoms with E-state index < -0.39 is 11.2 Å². The number of nitro benzene ring substituents is 1. The Balaban J connectivity index is 0.00000137. The van der Waals surface area contributed by atoms with Gasteiger partial charge in [-0.05, 0) is 6.07 Å². The smallest absolute Gasteiger partial charge is 0.273 e. The molecule has 0 aliphatic rings. The molecule has 5 nitrogen and oxygen atoms in total. The zero-order valence-electron chi connectivity index (χ0n) is 11.0. The fourth-order valence-electron chi connectivity index (χ4n) is 1.32. The van der Waals surface area contributed by atoms with Crippen molar-refractivity contribution in [1.82, 2.24) is 0 Å². The van der Waals surface area contributed by atoms with Crippen LogP contribution in [-0.2, 0) is 15.9 Å². The fraction of sp³-hybridized carbons (Fsp3) is 0.500. The van der Waals surface area contributed by atoms with Crippen molar-refractivity contribution in [3.05, 3.63) is 38.3 Å². The highest BCUT2D eigenvalue weighted by Crippen LogP contribution is 2.25. The Hall–Kier alpha value is -0.980. The summed E-state index contributed by atoms with van der Waals surface area (Å²) in [5.41, 5.74) is 0.648. The molecular weight excluding hydrogens is 302 g/mol. The lowest BCUT2D eigenvalue weighted by atomic mass is 10.1. The molecule has 1 aromatic rings. The van der Waals surface area contributed by atoms with E-state index >= 15 is 0 Å². The largest absolute Gasteiger partial charge is 0.356 e. The number of nitro groups is 1. The van der Waals surface area contributed by atoms with Gasteiger partial charge in [-0.15, -0.1) is 0 Å². The minimum atomic E-state index is -0.472. The normalized spacial score (nSPS) is 9.89. The van der Waals surface area contributed by atoms with Crippen LogP contribution in [0.1, 0.15) is 19.4 Å². The van der Waals surface area contributed by atoms with Crippen LogP contribution < -0.4 is 0 Å². The van der Waals surface area contributed by atoms with Crippen LogP contribution in [0.25, 0.3) is 0 Å². The second kappa shape index (κ2) is 9.02. The maximum Gasteiger partial charge on any atom is 0.273 e. The molecule has 0 radical (unpaired) electrons. The molecule has 0 saturated carbocycles. The van der Waals surface area contributed by atoms with Crippen LogP contribution in [0, 0.1) is 10.1 Å². The number of hydrogen-bond donors (Lipinski definition) is 0. The number of methoxy groups -OCH3 is 2. The van der Waals surface area contributed by atoms with Crippen LogP contribution in [0.3, 0.4) is 0 Å². The van der Waals surface area contributed by atoms with Crippen molar-refractivity contribution < 1.29 is 14.4 Å². The first-order valence-electron chi connectivity index (χ1n) is 5.57. The Bertz CT molecular complexity index is 380. The first-order valence-corrected chi connectivity index (χ1v) is 6.36. The molecule has 1 aromatic carbocycles. The summed E-state index contributed by atoms with van der Waals surface area (Å²) in [6.07, 6.45) is -0.128. The second-order valence-corrected chi connectivity index (χ2v) is 4.05. The lowest BCUT2D eigenvalue weighted by Gasteiger charge is -2.13. The lowest BCUT2D eigenvalue weighted by molar-refractivity contribution is -0.385. The Kier molecular flexibility index (Phi) is 8.53. The molecule has 0 aromatic heterocycles. The van der Waals surface area contributed by atoms with E-state index in [1.165, 1.54) is 20.3 Å². The summed E-state index contributed by atoms with van der Waals surface area (Å²) in [6.45, 7) is 4.00. The average molecular weight is 320 g/mol. The maximum atomic E-state index is 10.8. The van der Waals surface area contributed by atoms with E-state index in [4.69, 9.17) is 9.47 Å². The third-order valence-electron chi connectivity index (χ3n) is 2.16. The van der Waals surface area contributed by atoms with Gasteiger partial charge in [0, 0.05) is 36.7 Å². The molecule has 0 amide bonds. The number of benzene rings is 1. The van der Waals surface area contributed by atoms with Gasteiger partial charge in [-0.3, -0.25) is 10.1 Å². The first kappa shape index (κ1) is 17.0. The summed E-state index contributed by atoms with van der Waals surface area (Å²) in [7, 11) is 3.00. The molecule has 0 heterocycles. The highest BCUT2D eigenvalue weighted by Gasteiger charge is 2.17. The zero-order chi connectivity index (χ0) is 14.1. The van der Waals surface area contributed by atoms with Crippen LogP contribution >= 0.6 is 15.9 Å². The predicted molar refractivity (Wildman–Crippen MR) is 73.7 cm³/mol. The minimum Gasteiger partial charge on any atom is -0.356 e. The number of rotatable bonds is 5. The Morgan fingerprint density at radius 1 is 1.33 bits per heavy atom. The van der Waals surface area contributed by atoms with Crippen molar-refractivity contribution in [3.8, 4) is 0 Å². The molecule has 0 bridgehead atoms. The number of ether oxygens (including phenoxy) is 2. The standard InChI is InChI=1S/C10H12BrNO4.C2H6/c1-15-10(16-2)5-7-3-4-8(11)6-9(7)12(13)14;1-2/h3-4,6,10H,5H2,1-2H3;1-2H3. The summed E-state index contributed by atoms with van der Waals surface area (Å²) < 4.78 is 10.7. The van der Waals surface area contributed by atoms with Gasteiger partial charge in [0.2, 0.25) is 0 Å². The van der Waals surface area contributed by atoms with E-state index in [-0.39, 0.29) is 5.69 Å². The van der Waals surface area contributed by atoms with Crippen LogP contribution in [0.15, 0.2) is 22.7 Å². The van der Waals surface area contributed by atoms with Gasteiger partial charge in [0.15, 0.2) is 6.29 Å². The molecule has 0 aliphatic heterocycles. The molecule has 1 rings (SSSR count). The Labute approximate surface area is 115 Å². The fourth-order valence-corrected chi connectivity index (χ4v) is 1.67. The van der Waals surface area contributed by atoms with Gasteiger partial charge in [-0.1, -0.05) is 35.8 Å². The van der Waals surface area contributed by atoms with Gasteiger partial charge in [0.1, 0.15) is 0 Å². The molecule has 0 atom stereocenters. The van der Waals surface area contributed by atoms with Crippen molar-refractivity contribution in [2.45, 2.75) is 26.6 Å². The number of hydrogen-bond acceptors (Lipinski definition) is 4. The molecule has 102 valence electrons. The minimum absolute atomic E-state index is 0.0634. The van der Waals surface area contributed by atoms with Gasteiger partial charge < -0.3 is 9.47 Å². The van der Waals surface area contributed by atoms with Crippen molar-refractivity contribution in [1.29, 1.82) is 0 Å². The molecule has 0 fully saturated rings. The summed E-state index contributed by atoms with van der Waals surface area (Å²) in [5, 5.41) is 10.8. The van der Waals surface area contributed by atoms with E-state index in [2.05, 4.69) is 15.9 Å². The van der Waals surface area contributed by atoms with Crippen LogP contribution in [-0.4, -0.2) is 25.4 Å². The molecule has 6 heteroatoms. The molecular formula is C12H18BrNO4. The quantitative estimate of drug-likeness (QED) is 0.473. The van der Waals surface area contributed by atoms with E-state index in [0.717, 1.165) is 0 Å². The van der Waals surface area contributed by atoms with Gasteiger partial charge in [-0.2, -0.15) is 0 Å². The Morgan fingerprint density at radius 3 is 2.33 bits per heavy atom. The highest BCUT2D eigenvalue weighted by molar-refractivity contribution is 9.10. The second-order valence-electron chi connectivity index (χ2n) is 3.14. The van der Waals surface area contributed by atoms with Gasteiger partial charge in [-0.25, -0.2) is 0 Å². The van der Waals surface area contributed by atoms with Crippen molar-refractivity contribution in [2.75, 3.05) is 14.2 Å². The highest BCUT2D eigenvalue weighted by atomic mass is 79.9. The topological polar surface area (TPSA) is 61.6 Å². The maximum absolute atomic E-state index is 10.8. The van der Waals surface area contributed by atoms with Gasteiger partial charge in [0.25, 0.3) is 5.69 Å². The van der Waals surface area contributed by atoms with Crippen LogP contribution in [0.5, 0.6) is 0 Å². The third kappa shape index (κ3) is 5.12. The molecule has 0 saturated heterocycles. The number of nitrogens with zero attached hydrogens (tertiary/aromatic N) is 1. The van der Waals surface area contributed by atoms with E-state index in [9.17, 15) is 10.1 Å². The molecule has 0 aliphatic carbocycles. The zero-order valence-corrected chi connectivity index (χ0v) is 12.6. The third-order valence-corrected chi connectivity index (χ3v) is 2.65. The molecule has 0 spiro atoms. The summed E-state index contributed by atoms with van der Waals surface area (Å²) in [6, 6.07) is 4.91. The Morgan fingerprint density at radius 2 is 1.89 bits per heavy atom. The number of halogens is 1. The predicted octanol–water partition coefficient (Wildman–Crippen LogP) is 3.54. The molecule has 0 N–H and O–H groups in total. The van der Waals surface area contributed by atoms with Crippen LogP contribution in [0.2, 0.25) is 0 Å². The van der Waals surface area contributed by atoms with Crippen LogP contribution in [0.4, 0.5) is 5.69 Å². The average Bonchev–Trinajstić information content (AvgIpc) is 2.39. The lowest BCUT2D eigenvalue weighted by Crippen LogP contribution is -2.16. The van der Waals surface area contributed by atoms with Gasteiger partial charge in [0.05, 0.1) is 4.92 Å². The van der Waals surface area contributed by atoms with Crippen molar-refractivity contribution >= 4 is 21.6 Å². The summed E-state index contributed by atoms with van der Waals surface area (Å²) in [4.78, 5) is 10.4. The van der Waals surface area contributed by atoms with E-state index in [0.29, 0.717) is 16.5 Å². The summed E-state index contributed by atoms with van der Waals surface area (Å²) >= 11 is 3.20.